The van der Waals surface area contributed by atoms with Crippen LogP contribution in [-0.2, 0) is 14.3 Å². The van der Waals surface area contributed by atoms with E-state index in [0.29, 0.717) is 57.1 Å². The number of hydrogen-bond acceptors (Lipinski definition) is 8. The molecule has 1 unspecified atom stereocenters. The van der Waals surface area contributed by atoms with E-state index in [1.165, 1.54) is 24.4 Å². The lowest BCUT2D eigenvalue weighted by molar-refractivity contribution is -0.124. The van der Waals surface area contributed by atoms with Crippen LogP contribution in [0.5, 0.6) is 6.01 Å². The molecule has 14 heteroatoms. The second-order valence-electron chi connectivity index (χ2n) is 11.0. The lowest BCUT2D eigenvalue weighted by Gasteiger charge is -2.44. The van der Waals surface area contributed by atoms with Crippen molar-refractivity contribution in [3.63, 3.8) is 0 Å². The van der Waals surface area contributed by atoms with E-state index in [2.05, 4.69) is 25.2 Å². The lowest BCUT2D eigenvalue weighted by Crippen LogP contribution is -2.55. The Balaban J connectivity index is 1.52. The summed E-state index contributed by atoms with van der Waals surface area (Å²) in [7, 11) is 1.98. The highest BCUT2D eigenvalue weighted by Gasteiger charge is 2.43. The van der Waals surface area contributed by atoms with Gasteiger partial charge in [-0.2, -0.15) is 18.2 Å². The second-order valence-corrected chi connectivity index (χ2v) is 11.0. The maximum Gasteiger partial charge on any atom is 0.414 e. The number of rotatable bonds is 6. The summed E-state index contributed by atoms with van der Waals surface area (Å²) in [5, 5.41) is 2.56. The van der Waals surface area contributed by atoms with Crippen molar-refractivity contribution >= 4 is 29.4 Å². The number of piperazine rings is 1. The number of dihydropyridines is 1. The highest BCUT2D eigenvalue weighted by molar-refractivity contribution is 6.11. The molecule has 3 aliphatic rings. The molecule has 3 atom stereocenters. The zero-order valence-electron chi connectivity index (χ0n) is 23.9. The summed E-state index contributed by atoms with van der Waals surface area (Å²) in [4.78, 5) is 40.9. The summed E-state index contributed by atoms with van der Waals surface area (Å²) >= 11 is 0. The third-order valence-electron chi connectivity index (χ3n) is 7.97. The maximum absolute atomic E-state index is 15.8. The van der Waals surface area contributed by atoms with Crippen molar-refractivity contribution in [2.45, 2.75) is 51.1 Å². The van der Waals surface area contributed by atoms with Gasteiger partial charge in [0.2, 0.25) is 5.91 Å². The molecule has 2 saturated heterocycles. The summed E-state index contributed by atoms with van der Waals surface area (Å²) in [6.07, 6.45) is -1.39. The number of halogens is 4. The third kappa shape index (κ3) is 6.85. The van der Waals surface area contributed by atoms with E-state index in [9.17, 15) is 22.8 Å². The Morgan fingerprint density at radius 2 is 1.84 bits per heavy atom. The minimum atomic E-state index is -4.94. The number of anilines is 2. The summed E-state index contributed by atoms with van der Waals surface area (Å²) in [5.41, 5.74) is -0.787. The van der Waals surface area contributed by atoms with Crippen LogP contribution in [-0.4, -0.2) is 90.6 Å². The first-order valence-corrected chi connectivity index (χ1v) is 14.0. The molecule has 230 valence electrons. The lowest BCUT2D eigenvalue weighted by atomic mass is 9.95. The van der Waals surface area contributed by atoms with Gasteiger partial charge in [0.05, 0.1) is 35.9 Å². The zero-order valence-corrected chi connectivity index (χ0v) is 23.9. The van der Waals surface area contributed by atoms with E-state index < -0.39 is 35.3 Å². The largest absolute Gasteiger partial charge is 0.460 e. The van der Waals surface area contributed by atoms with Crippen LogP contribution in [0.4, 0.5) is 28.9 Å². The monoisotopic (exact) mass is 604 g/mol. The van der Waals surface area contributed by atoms with E-state index in [0.717, 1.165) is 0 Å². The fourth-order valence-electron chi connectivity index (χ4n) is 5.38. The molecular weight excluding hydrogens is 572 g/mol. The number of aromatic nitrogens is 2. The molecule has 43 heavy (non-hydrogen) atoms. The number of carbonyl (C=O) groups is 2. The predicted octanol–water partition coefficient (Wildman–Crippen LogP) is 4.02. The zero-order chi connectivity index (χ0) is 30.9. The van der Waals surface area contributed by atoms with E-state index in [4.69, 9.17) is 9.47 Å². The Kier molecular flexibility index (Phi) is 8.79. The standard InChI is InChI=1S/C29H32F4N6O4/c1-16-14-39(15-17(2)38(16)3)25-12-22(30)19(23-4-7-34-28(37-23)43-18-5-8-42-9-6-18)10-24(25)36-27(41)20-13-35-26(40)11-21(20)29(31,32)33/h4,7,10-13,16-18,20H,5-6,8-9,14-15H2,1-3H3,(H,36,41)/t16-,17+,20?. The average Bonchev–Trinajstić information content (AvgIpc) is 2.96. The fourth-order valence-corrected chi connectivity index (χ4v) is 5.38. The molecule has 4 heterocycles. The highest BCUT2D eigenvalue weighted by Crippen LogP contribution is 2.38. The molecule has 2 amide bonds. The first-order chi connectivity index (χ1) is 20.4. The van der Waals surface area contributed by atoms with Gasteiger partial charge < -0.3 is 19.7 Å². The number of benzene rings is 1. The molecule has 0 radical (unpaired) electrons. The third-order valence-corrected chi connectivity index (χ3v) is 7.97. The Labute approximate surface area is 245 Å². The maximum atomic E-state index is 15.8. The molecule has 1 aromatic heterocycles. The molecule has 10 nitrogen and oxygen atoms in total. The molecular formula is C29H32F4N6O4. The Morgan fingerprint density at radius 3 is 2.51 bits per heavy atom. The number of nitrogens with one attached hydrogen (secondary N) is 1. The summed E-state index contributed by atoms with van der Waals surface area (Å²) in [6, 6.07) is 4.25. The van der Waals surface area contributed by atoms with E-state index in [1.54, 1.807) is 0 Å². The number of carbonyl (C=O) groups excluding carboxylic acids is 2. The molecule has 0 aliphatic carbocycles. The van der Waals surface area contributed by atoms with Crippen molar-refractivity contribution in [3.05, 3.63) is 41.9 Å². The van der Waals surface area contributed by atoms with E-state index >= 15 is 4.39 Å². The van der Waals surface area contributed by atoms with Gasteiger partial charge in [0.15, 0.2) is 0 Å². The van der Waals surface area contributed by atoms with Crippen molar-refractivity contribution < 1.29 is 36.6 Å². The van der Waals surface area contributed by atoms with Crippen LogP contribution in [0.25, 0.3) is 11.3 Å². The summed E-state index contributed by atoms with van der Waals surface area (Å²) in [5.74, 6) is -4.70. The molecule has 1 N–H and O–H groups in total. The Morgan fingerprint density at radius 1 is 1.14 bits per heavy atom. The Hall–Kier alpha value is -3.91. The molecule has 3 aliphatic heterocycles. The van der Waals surface area contributed by atoms with Gasteiger partial charge in [0.1, 0.15) is 17.8 Å². The van der Waals surface area contributed by atoms with E-state index in [1.807, 2.05) is 25.8 Å². The van der Waals surface area contributed by atoms with E-state index in [-0.39, 0.29) is 41.1 Å². The van der Waals surface area contributed by atoms with Gasteiger partial charge in [0, 0.05) is 62.1 Å². The average molecular weight is 605 g/mol. The van der Waals surface area contributed by atoms with Crippen LogP contribution in [0.3, 0.4) is 0 Å². The summed E-state index contributed by atoms with van der Waals surface area (Å²) in [6.45, 7) is 6.04. The number of hydrogen-bond donors (Lipinski definition) is 1. The van der Waals surface area contributed by atoms with Crippen molar-refractivity contribution in [2.24, 2.45) is 10.9 Å². The van der Waals surface area contributed by atoms with Crippen LogP contribution >= 0.6 is 0 Å². The van der Waals surface area contributed by atoms with Gasteiger partial charge in [0.25, 0.3) is 5.91 Å². The number of alkyl halides is 3. The molecule has 0 spiro atoms. The number of aliphatic imine (C=N–C) groups is 1. The smallest absolute Gasteiger partial charge is 0.414 e. The van der Waals surface area contributed by atoms with Crippen LogP contribution < -0.4 is 15.0 Å². The Bertz CT molecular complexity index is 1430. The predicted molar refractivity (Wildman–Crippen MR) is 151 cm³/mol. The van der Waals surface area contributed by atoms with Crippen molar-refractivity contribution in [1.82, 2.24) is 14.9 Å². The second kappa shape index (κ2) is 12.4. The van der Waals surface area contributed by atoms with Crippen LogP contribution in [0.2, 0.25) is 0 Å². The van der Waals surface area contributed by atoms with Crippen LogP contribution in [0.1, 0.15) is 26.7 Å². The highest BCUT2D eigenvalue weighted by atomic mass is 19.4. The minimum Gasteiger partial charge on any atom is -0.460 e. The molecule has 0 bridgehead atoms. The van der Waals surface area contributed by atoms with Gasteiger partial charge in [-0.15, -0.1) is 0 Å². The molecule has 1 aromatic carbocycles. The van der Waals surface area contributed by atoms with Gasteiger partial charge in [-0.25, -0.2) is 14.4 Å². The number of likely N-dealkylation sites (N-methyl/N-ethyl adjacent to an activating group) is 1. The van der Waals surface area contributed by atoms with Crippen molar-refractivity contribution in [2.75, 3.05) is 43.6 Å². The van der Waals surface area contributed by atoms with Gasteiger partial charge in [-0.1, -0.05) is 0 Å². The topological polar surface area (TPSA) is 109 Å². The fraction of sp³-hybridized carbons (Fsp3) is 0.483. The number of amides is 2. The van der Waals surface area contributed by atoms with Crippen molar-refractivity contribution in [1.29, 1.82) is 0 Å². The van der Waals surface area contributed by atoms with Gasteiger partial charge in [-0.3, -0.25) is 14.5 Å². The normalized spacial score (nSPS) is 23.7. The first kappa shape index (κ1) is 30.5. The van der Waals surface area contributed by atoms with Crippen LogP contribution in [0, 0.1) is 11.7 Å². The van der Waals surface area contributed by atoms with Gasteiger partial charge >= 0.3 is 12.2 Å². The molecule has 0 saturated carbocycles. The molecule has 2 fully saturated rings. The number of nitrogens with zero attached hydrogens (tertiary/aromatic N) is 5. The molecule has 5 rings (SSSR count). The summed E-state index contributed by atoms with van der Waals surface area (Å²) < 4.78 is 68.2. The quantitative estimate of drug-likeness (QED) is 0.493. The number of ether oxygens (including phenoxy) is 2. The van der Waals surface area contributed by atoms with Gasteiger partial charge in [-0.05, 0) is 39.1 Å². The molecule has 2 aromatic rings. The minimum absolute atomic E-state index is 0.00687. The SMILES string of the molecule is C[C@@H]1CN(c2cc(F)c(-c3ccnc(OC4CCOCC4)n3)cc2NC(=O)C2C=NC(=O)C=C2C(F)(F)F)C[C@H](C)N1C. The van der Waals surface area contributed by atoms with Crippen molar-refractivity contribution in [3.8, 4) is 17.3 Å². The first-order valence-electron chi connectivity index (χ1n) is 14.0. The van der Waals surface area contributed by atoms with Crippen LogP contribution in [0.15, 0.2) is 41.0 Å².